The van der Waals surface area contributed by atoms with Crippen LogP contribution in [0.4, 0.5) is 11.4 Å². The number of benzene rings is 3. The van der Waals surface area contributed by atoms with Gasteiger partial charge >= 0.3 is 0 Å². The summed E-state index contributed by atoms with van der Waals surface area (Å²) in [5.74, 6) is -0.154. The molecule has 3 aromatic carbocycles. The molecule has 0 radical (unpaired) electrons. The summed E-state index contributed by atoms with van der Waals surface area (Å²) in [6, 6.07) is 26.9. The molecule has 0 saturated carbocycles. The number of para-hydroxylation sites is 2. The van der Waals surface area contributed by atoms with Crippen molar-refractivity contribution in [2.24, 2.45) is 0 Å². The van der Waals surface area contributed by atoms with Crippen LogP contribution in [0.25, 0.3) is 0 Å². The quantitative estimate of drug-likeness (QED) is 0.530. The second-order valence-electron chi connectivity index (χ2n) is 8.05. The minimum absolute atomic E-state index is 0.0366. The van der Waals surface area contributed by atoms with Crippen molar-refractivity contribution in [1.82, 2.24) is 4.90 Å². The summed E-state index contributed by atoms with van der Waals surface area (Å²) in [5.41, 5.74) is 3.67. The number of nitrogens with one attached hydrogen (secondary N) is 2. The highest BCUT2D eigenvalue weighted by atomic mass is 16.2. The van der Waals surface area contributed by atoms with Crippen molar-refractivity contribution in [3.63, 3.8) is 0 Å². The Hall–Kier alpha value is -3.60. The van der Waals surface area contributed by atoms with Crippen LogP contribution in [0.5, 0.6) is 0 Å². The van der Waals surface area contributed by atoms with E-state index in [1.807, 2.05) is 72.8 Å². The maximum Gasteiger partial charge on any atom is 0.251 e. The average molecular weight is 428 g/mol. The van der Waals surface area contributed by atoms with Gasteiger partial charge in [0.05, 0.1) is 11.4 Å². The molecule has 1 aliphatic rings. The fraction of sp³-hybridized carbons (Fsp3) is 0.259. The topological polar surface area (TPSA) is 61.4 Å². The molecular weight excluding hydrogens is 398 g/mol. The molecule has 0 aromatic heterocycles. The largest absolute Gasteiger partial charge is 0.383 e. The summed E-state index contributed by atoms with van der Waals surface area (Å²) < 4.78 is 0. The van der Waals surface area contributed by atoms with Gasteiger partial charge in [0.1, 0.15) is 6.04 Å². The van der Waals surface area contributed by atoms with E-state index in [0.29, 0.717) is 13.0 Å². The van der Waals surface area contributed by atoms with Gasteiger partial charge in [-0.05, 0) is 42.5 Å². The van der Waals surface area contributed by atoms with Crippen LogP contribution in [0.3, 0.4) is 0 Å². The Bertz CT molecular complexity index is 1040. The Morgan fingerprint density at radius 1 is 0.844 bits per heavy atom. The number of amides is 2. The predicted molar refractivity (Wildman–Crippen MR) is 128 cm³/mol. The predicted octanol–water partition coefficient (Wildman–Crippen LogP) is 5.03. The fourth-order valence-electron chi connectivity index (χ4n) is 4.14. The zero-order valence-electron chi connectivity index (χ0n) is 18.2. The highest BCUT2D eigenvalue weighted by molar-refractivity contribution is 6.00. The van der Waals surface area contributed by atoms with Crippen LogP contribution in [-0.2, 0) is 16.0 Å². The minimum Gasteiger partial charge on any atom is -0.383 e. The molecule has 1 aliphatic heterocycles. The molecule has 164 valence electrons. The van der Waals surface area contributed by atoms with Crippen molar-refractivity contribution in [2.45, 2.75) is 31.7 Å². The van der Waals surface area contributed by atoms with E-state index in [0.717, 1.165) is 42.7 Å². The summed E-state index contributed by atoms with van der Waals surface area (Å²) in [6.45, 7) is 1.35. The van der Waals surface area contributed by atoms with Crippen LogP contribution < -0.4 is 10.6 Å². The molecule has 2 amide bonds. The van der Waals surface area contributed by atoms with E-state index in [4.69, 9.17) is 0 Å². The highest BCUT2D eigenvalue weighted by Gasteiger charge is 2.32. The van der Waals surface area contributed by atoms with Gasteiger partial charge in [0.2, 0.25) is 5.91 Å². The first-order chi connectivity index (χ1) is 15.7. The summed E-state index contributed by atoms with van der Waals surface area (Å²) >= 11 is 0. The molecule has 2 N–H and O–H groups in total. The van der Waals surface area contributed by atoms with Gasteiger partial charge in [0.15, 0.2) is 0 Å². The second-order valence-corrected chi connectivity index (χ2v) is 8.05. The molecule has 3 aromatic rings. The molecule has 1 atom stereocenters. The zero-order valence-corrected chi connectivity index (χ0v) is 18.2. The fourth-order valence-corrected chi connectivity index (χ4v) is 4.14. The Kier molecular flexibility index (Phi) is 7.18. The van der Waals surface area contributed by atoms with E-state index < -0.39 is 6.04 Å². The van der Waals surface area contributed by atoms with Crippen LogP contribution >= 0.6 is 0 Å². The number of hydrogen-bond donors (Lipinski definition) is 2. The number of carbonyl (C=O) groups excluding carboxylic acids is 2. The standard InChI is InChI=1S/C27H29N3O2/c31-25-17-9-10-20-30(25)26(22-13-5-2-6-14-22)27(32)29-24-16-8-7-15-23(24)28-19-18-21-11-3-1-4-12-21/h1-8,11-16,26,28H,9-10,17-20H2,(H,29,32)/t26-/m1/s1. The van der Waals surface area contributed by atoms with Gasteiger partial charge in [0.25, 0.3) is 5.91 Å². The van der Waals surface area contributed by atoms with Gasteiger partial charge in [0, 0.05) is 19.5 Å². The monoisotopic (exact) mass is 427 g/mol. The van der Waals surface area contributed by atoms with Gasteiger partial charge in [-0.1, -0.05) is 72.8 Å². The Balaban J connectivity index is 1.50. The van der Waals surface area contributed by atoms with Crippen molar-refractivity contribution < 1.29 is 9.59 Å². The van der Waals surface area contributed by atoms with Gasteiger partial charge in [-0.3, -0.25) is 9.59 Å². The van der Waals surface area contributed by atoms with Crippen LogP contribution in [0.1, 0.15) is 36.4 Å². The Morgan fingerprint density at radius 3 is 2.22 bits per heavy atom. The van der Waals surface area contributed by atoms with Gasteiger partial charge in [-0.2, -0.15) is 0 Å². The molecule has 1 saturated heterocycles. The maximum absolute atomic E-state index is 13.5. The highest BCUT2D eigenvalue weighted by Crippen LogP contribution is 2.29. The van der Waals surface area contributed by atoms with Gasteiger partial charge in [-0.25, -0.2) is 0 Å². The summed E-state index contributed by atoms with van der Waals surface area (Å²) in [7, 11) is 0. The molecular formula is C27H29N3O2. The van der Waals surface area contributed by atoms with Crippen molar-refractivity contribution in [1.29, 1.82) is 0 Å². The number of nitrogens with zero attached hydrogens (tertiary/aromatic N) is 1. The Morgan fingerprint density at radius 2 is 1.50 bits per heavy atom. The van der Waals surface area contributed by atoms with Gasteiger partial charge < -0.3 is 15.5 Å². The molecule has 0 unspecified atom stereocenters. The zero-order chi connectivity index (χ0) is 22.2. The third kappa shape index (κ3) is 5.35. The number of piperidine rings is 1. The minimum atomic E-state index is -0.638. The first-order valence-corrected chi connectivity index (χ1v) is 11.2. The van der Waals surface area contributed by atoms with E-state index in [-0.39, 0.29) is 11.8 Å². The lowest BCUT2D eigenvalue weighted by molar-refractivity contribution is -0.141. The van der Waals surface area contributed by atoms with Crippen molar-refractivity contribution >= 4 is 23.2 Å². The molecule has 1 heterocycles. The van der Waals surface area contributed by atoms with Crippen molar-refractivity contribution in [3.05, 3.63) is 96.1 Å². The van der Waals surface area contributed by atoms with Gasteiger partial charge in [-0.15, -0.1) is 0 Å². The van der Waals surface area contributed by atoms with Crippen LogP contribution in [-0.4, -0.2) is 29.8 Å². The van der Waals surface area contributed by atoms with Crippen LogP contribution in [0.15, 0.2) is 84.9 Å². The third-order valence-electron chi connectivity index (χ3n) is 5.79. The molecule has 0 bridgehead atoms. The summed E-state index contributed by atoms with van der Waals surface area (Å²) in [6.07, 6.45) is 3.18. The van der Waals surface area contributed by atoms with Crippen LogP contribution in [0.2, 0.25) is 0 Å². The lowest BCUT2D eigenvalue weighted by atomic mass is 10.0. The molecule has 5 nitrogen and oxygen atoms in total. The Labute approximate surface area is 189 Å². The average Bonchev–Trinajstić information content (AvgIpc) is 2.83. The number of rotatable bonds is 8. The number of likely N-dealkylation sites (tertiary alicyclic amines) is 1. The third-order valence-corrected chi connectivity index (χ3v) is 5.79. The first-order valence-electron chi connectivity index (χ1n) is 11.2. The van der Waals surface area contributed by atoms with Crippen LogP contribution in [0, 0.1) is 0 Å². The SMILES string of the molecule is O=C(Nc1ccccc1NCCc1ccccc1)[C@@H](c1ccccc1)N1CCCCC1=O. The van der Waals surface area contributed by atoms with E-state index in [2.05, 4.69) is 22.8 Å². The smallest absolute Gasteiger partial charge is 0.251 e. The van der Waals surface area contributed by atoms with E-state index in [1.54, 1.807) is 4.90 Å². The number of anilines is 2. The summed E-state index contributed by atoms with van der Waals surface area (Å²) in [4.78, 5) is 27.8. The molecule has 0 aliphatic carbocycles. The molecule has 32 heavy (non-hydrogen) atoms. The molecule has 4 rings (SSSR count). The van der Waals surface area contributed by atoms with E-state index >= 15 is 0 Å². The molecule has 1 fully saturated rings. The van der Waals surface area contributed by atoms with E-state index in [1.165, 1.54) is 5.56 Å². The second kappa shape index (κ2) is 10.6. The van der Waals surface area contributed by atoms with Crippen molar-refractivity contribution in [3.8, 4) is 0 Å². The normalized spacial score (nSPS) is 14.6. The molecule has 5 heteroatoms. The maximum atomic E-state index is 13.5. The first kappa shape index (κ1) is 21.6. The lowest BCUT2D eigenvalue weighted by Gasteiger charge is -2.34. The number of hydrogen-bond acceptors (Lipinski definition) is 3. The van der Waals surface area contributed by atoms with E-state index in [9.17, 15) is 9.59 Å². The number of carbonyl (C=O) groups is 2. The lowest BCUT2D eigenvalue weighted by Crippen LogP contribution is -2.43. The summed E-state index contributed by atoms with van der Waals surface area (Å²) in [5, 5.41) is 6.52. The van der Waals surface area contributed by atoms with Crippen molar-refractivity contribution in [2.75, 3.05) is 23.7 Å². The molecule has 0 spiro atoms.